The zero-order valence-electron chi connectivity index (χ0n) is 26.9. The molecule has 7 aromatic carbocycles. The molecule has 0 atom stereocenters. The van der Waals surface area contributed by atoms with E-state index in [0.717, 1.165) is 22.4 Å². The second-order valence-corrected chi connectivity index (χ2v) is 13.6. The van der Waals surface area contributed by atoms with Crippen LogP contribution >= 0.6 is 11.3 Å². The summed E-state index contributed by atoms with van der Waals surface area (Å²) in [6.45, 7) is 0. The summed E-state index contributed by atoms with van der Waals surface area (Å²) in [6.07, 6.45) is 0. The topological polar surface area (TPSA) is 43.6 Å². The van der Waals surface area contributed by atoms with E-state index in [4.69, 9.17) is 15.0 Å². The van der Waals surface area contributed by atoms with Crippen molar-refractivity contribution in [3.8, 4) is 51.0 Å². The van der Waals surface area contributed by atoms with Gasteiger partial charge < -0.3 is 4.57 Å². The van der Waals surface area contributed by atoms with Crippen LogP contribution in [0.15, 0.2) is 170 Å². The molecule has 51 heavy (non-hydrogen) atoms. The van der Waals surface area contributed by atoms with Gasteiger partial charge in [-0.15, -0.1) is 11.3 Å². The van der Waals surface area contributed by atoms with Gasteiger partial charge in [0.15, 0.2) is 17.5 Å². The Morgan fingerprint density at radius 1 is 0.353 bits per heavy atom. The van der Waals surface area contributed by atoms with E-state index >= 15 is 0 Å². The van der Waals surface area contributed by atoms with Crippen molar-refractivity contribution in [2.75, 3.05) is 0 Å². The van der Waals surface area contributed by atoms with Crippen LogP contribution in [0.3, 0.4) is 0 Å². The highest BCUT2D eigenvalue weighted by atomic mass is 32.1. The van der Waals surface area contributed by atoms with Crippen molar-refractivity contribution in [1.29, 1.82) is 0 Å². The standard InChI is InChI=1S/C45H28N4S.CH4/c1-4-12-29(13-5-1)43-46-44(30-14-6-2-7-15-30)48-45(47-43)33-22-25-42-38(27-33)37-26-31(21-24-41(37)50-42)32-20-23-36-35-18-10-11-19-39(35)49(40(36)28-32)34-16-8-3-9-17-34;/h1-28H;1H4. The molecule has 0 aliphatic carbocycles. The number of aromatic nitrogens is 4. The molecule has 0 aliphatic rings. The highest BCUT2D eigenvalue weighted by molar-refractivity contribution is 7.25. The lowest BCUT2D eigenvalue weighted by Gasteiger charge is -2.09. The lowest BCUT2D eigenvalue weighted by Crippen LogP contribution is -2.00. The minimum atomic E-state index is 0. The molecule has 5 heteroatoms. The highest BCUT2D eigenvalue weighted by Gasteiger charge is 2.16. The quantitative estimate of drug-likeness (QED) is 0.183. The van der Waals surface area contributed by atoms with Crippen LogP contribution in [0.1, 0.15) is 7.43 Å². The van der Waals surface area contributed by atoms with Crippen molar-refractivity contribution < 1.29 is 0 Å². The normalized spacial score (nSPS) is 11.4. The average Bonchev–Trinajstić information content (AvgIpc) is 3.73. The first kappa shape index (κ1) is 30.6. The van der Waals surface area contributed by atoms with Crippen LogP contribution in [-0.4, -0.2) is 19.5 Å². The molecule has 0 unspecified atom stereocenters. The van der Waals surface area contributed by atoms with Crippen LogP contribution in [0.25, 0.3) is 93.0 Å². The molecule has 3 heterocycles. The Kier molecular flexibility index (Phi) is 7.49. The van der Waals surface area contributed by atoms with Gasteiger partial charge in [-0.25, -0.2) is 15.0 Å². The van der Waals surface area contributed by atoms with Gasteiger partial charge >= 0.3 is 0 Å². The van der Waals surface area contributed by atoms with Crippen molar-refractivity contribution in [2.24, 2.45) is 0 Å². The third-order valence-electron chi connectivity index (χ3n) is 9.45. The van der Waals surface area contributed by atoms with Crippen molar-refractivity contribution in [3.05, 3.63) is 170 Å². The molecular formula is C46H32N4S. The average molecular weight is 673 g/mol. The van der Waals surface area contributed by atoms with Crippen LogP contribution in [0, 0.1) is 0 Å². The number of benzene rings is 7. The van der Waals surface area contributed by atoms with Gasteiger partial charge in [-0.3, -0.25) is 0 Å². The summed E-state index contributed by atoms with van der Waals surface area (Å²) in [4.78, 5) is 14.9. The maximum Gasteiger partial charge on any atom is 0.164 e. The summed E-state index contributed by atoms with van der Waals surface area (Å²) >= 11 is 1.82. The number of thiophene rings is 1. The third kappa shape index (κ3) is 5.27. The zero-order valence-corrected chi connectivity index (χ0v) is 27.7. The van der Waals surface area contributed by atoms with E-state index in [2.05, 4.69) is 114 Å². The summed E-state index contributed by atoms with van der Waals surface area (Å²) < 4.78 is 4.87. The minimum absolute atomic E-state index is 0. The lowest BCUT2D eigenvalue weighted by molar-refractivity contribution is 1.07. The molecule has 4 nitrogen and oxygen atoms in total. The number of nitrogens with zero attached hydrogens (tertiary/aromatic N) is 4. The van der Waals surface area contributed by atoms with Gasteiger partial charge in [0.1, 0.15) is 0 Å². The number of fused-ring (bicyclic) bond motifs is 6. The van der Waals surface area contributed by atoms with E-state index < -0.39 is 0 Å². The van der Waals surface area contributed by atoms with E-state index in [0.29, 0.717) is 17.5 Å². The number of hydrogen-bond acceptors (Lipinski definition) is 4. The Morgan fingerprint density at radius 2 is 0.824 bits per heavy atom. The van der Waals surface area contributed by atoms with E-state index in [-0.39, 0.29) is 7.43 Å². The van der Waals surface area contributed by atoms with Crippen LogP contribution in [0.2, 0.25) is 0 Å². The summed E-state index contributed by atoms with van der Waals surface area (Å²) in [6, 6.07) is 59.8. The molecule has 0 spiro atoms. The Bertz CT molecular complexity index is 2800. The van der Waals surface area contributed by atoms with Crippen molar-refractivity contribution >= 4 is 53.3 Å². The minimum Gasteiger partial charge on any atom is -0.309 e. The van der Waals surface area contributed by atoms with Crippen LogP contribution < -0.4 is 0 Å². The van der Waals surface area contributed by atoms with Crippen molar-refractivity contribution in [1.82, 2.24) is 19.5 Å². The maximum absolute atomic E-state index is 4.99. The van der Waals surface area contributed by atoms with Crippen molar-refractivity contribution in [3.63, 3.8) is 0 Å². The zero-order chi connectivity index (χ0) is 33.0. The van der Waals surface area contributed by atoms with Gasteiger partial charge in [-0.1, -0.05) is 123 Å². The van der Waals surface area contributed by atoms with E-state index in [9.17, 15) is 0 Å². The lowest BCUT2D eigenvalue weighted by atomic mass is 10.0. The van der Waals surface area contributed by atoms with Gasteiger partial charge in [-0.2, -0.15) is 0 Å². The van der Waals surface area contributed by atoms with E-state index in [1.165, 1.54) is 53.1 Å². The monoisotopic (exact) mass is 672 g/mol. The Labute approximate surface area is 300 Å². The van der Waals surface area contributed by atoms with Gasteiger partial charge in [0.2, 0.25) is 0 Å². The summed E-state index contributed by atoms with van der Waals surface area (Å²) in [5, 5.41) is 4.94. The Balaban J connectivity index is 0.00000348. The number of para-hydroxylation sites is 2. The third-order valence-corrected chi connectivity index (χ3v) is 10.6. The molecule has 10 rings (SSSR count). The largest absolute Gasteiger partial charge is 0.309 e. The van der Waals surface area contributed by atoms with E-state index in [1.807, 2.05) is 72.0 Å². The maximum atomic E-state index is 4.99. The van der Waals surface area contributed by atoms with Gasteiger partial charge in [0.25, 0.3) is 0 Å². The molecule has 0 fully saturated rings. The first-order chi connectivity index (χ1) is 24.8. The molecule has 242 valence electrons. The molecule has 0 saturated heterocycles. The van der Waals surface area contributed by atoms with Gasteiger partial charge in [0.05, 0.1) is 11.0 Å². The molecule has 0 saturated carbocycles. The molecule has 0 radical (unpaired) electrons. The fourth-order valence-electron chi connectivity index (χ4n) is 7.04. The predicted molar refractivity (Wildman–Crippen MR) is 216 cm³/mol. The van der Waals surface area contributed by atoms with Crippen molar-refractivity contribution in [2.45, 2.75) is 7.43 Å². The van der Waals surface area contributed by atoms with Crippen LogP contribution in [0.4, 0.5) is 0 Å². The molecule has 0 bridgehead atoms. The molecule has 10 aromatic rings. The van der Waals surface area contributed by atoms with Gasteiger partial charge in [-0.05, 0) is 65.7 Å². The van der Waals surface area contributed by atoms with E-state index in [1.54, 1.807) is 0 Å². The molecule has 0 N–H and O–H groups in total. The second-order valence-electron chi connectivity index (χ2n) is 12.5. The molecular weight excluding hydrogens is 641 g/mol. The van der Waals surface area contributed by atoms with Crippen LogP contribution in [0.5, 0.6) is 0 Å². The highest BCUT2D eigenvalue weighted by Crippen LogP contribution is 2.40. The Hall–Kier alpha value is -6.43. The first-order valence-electron chi connectivity index (χ1n) is 16.7. The first-order valence-corrected chi connectivity index (χ1v) is 17.5. The predicted octanol–water partition coefficient (Wildman–Crippen LogP) is 12.6. The fraction of sp³-hybridized carbons (Fsp3) is 0.0217. The summed E-state index contributed by atoms with van der Waals surface area (Å²) in [5.74, 6) is 1.99. The molecule has 0 amide bonds. The van der Waals surface area contributed by atoms with Gasteiger partial charge in [0, 0.05) is 53.3 Å². The fourth-order valence-corrected chi connectivity index (χ4v) is 8.11. The summed E-state index contributed by atoms with van der Waals surface area (Å²) in [7, 11) is 0. The SMILES string of the molecule is C.c1ccc(-c2nc(-c3ccccc3)nc(-c3ccc4sc5ccc(-c6ccc7c8ccccc8n(-c8ccccc8)c7c6)cc5c4c3)n2)cc1. The smallest absolute Gasteiger partial charge is 0.164 e. The molecule has 0 aliphatic heterocycles. The number of hydrogen-bond donors (Lipinski definition) is 0. The molecule has 3 aromatic heterocycles. The summed E-state index contributed by atoms with van der Waals surface area (Å²) in [5.41, 5.74) is 8.83. The number of rotatable bonds is 5. The Morgan fingerprint density at radius 3 is 1.47 bits per heavy atom. The van der Waals surface area contributed by atoms with Crippen LogP contribution in [-0.2, 0) is 0 Å². The second kappa shape index (κ2) is 12.5.